The van der Waals surface area contributed by atoms with E-state index in [1.807, 2.05) is 0 Å². The lowest BCUT2D eigenvalue weighted by atomic mass is 11.6. The zero-order valence-electron chi connectivity index (χ0n) is 1.89. The summed E-state index contributed by atoms with van der Waals surface area (Å²) in [4.78, 5) is 11.9. The van der Waals surface area contributed by atoms with Crippen molar-refractivity contribution in [2.75, 3.05) is 0 Å². The Morgan fingerprint density at radius 2 is 2.25 bits per heavy atom. The third-order valence-electron chi connectivity index (χ3n) is 0.0481. The fraction of sp³-hybridized carbons (Fsp3) is 0. The van der Waals surface area contributed by atoms with E-state index in [2.05, 4.69) is 4.84 Å². The smallest absolute Gasteiger partial charge is 0.314 e. The molecule has 23 valence electrons. The summed E-state index contributed by atoms with van der Waals surface area (Å²) in [7, 11) is 0. The quantitative estimate of drug-likeness (QED) is 0.298. The number of nitrogens with one attached hydrogen (secondary N) is 1. The van der Waals surface area contributed by atoms with Crippen molar-refractivity contribution in [3.8, 4) is 0 Å². The van der Waals surface area contributed by atoms with Gasteiger partial charge in [0.2, 0.25) is 0 Å². The largest absolute Gasteiger partial charge is 0.356 e. The van der Waals surface area contributed by atoms with Crippen molar-refractivity contribution >= 4 is 6.47 Å². The van der Waals surface area contributed by atoms with Gasteiger partial charge in [-0.1, -0.05) is 5.90 Å². The summed E-state index contributed by atoms with van der Waals surface area (Å²) in [5.41, 5.74) is 0. The minimum Gasteiger partial charge on any atom is -0.356 e. The van der Waals surface area contributed by atoms with Gasteiger partial charge in [-0.2, -0.15) is 0 Å². The summed E-state index contributed by atoms with van der Waals surface area (Å²) in [5, 5.41) is 0. The van der Waals surface area contributed by atoms with Crippen molar-refractivity contribution in [1.29, 1.82) is 0 Å². The fourth-order valence-corrected chi connectivity index (χ4v) is 0. The molecule has 0 aliphatic rings. The number of hydrogen-bond acceptors (Lipinski definition) is 2. The van der Waals surface area contributed by atoms with Gasteiger partial charge in [0, 0.05) is 0 Å². The van der Waals surface area contributed by atoms with Crippen LogP contribution in [0.25, 0.3) is 0 Å². The van der Waals surface area contributed by atoms with Crippen LogP contribution in [-0.4, -0.2) is 6.47 Å². The van der Waals surface area contributed by atoms with Gasteiger partial charge in [-0.15, -0.1) is 0 Å². The number of rotatable bonds is 1. The predicted molar refractivity (Wildman–Crippen MR) is 10.2 cm³/mol. The molecule has 0 saturated heterocycles. The highest BCUT2D eigenvalue weighted by Gasteiger charge is 1.47. The van der Waals surface area contributed by atoms with Crippen LogP contribution in [0.4, 0.5) is 0 Å². The molecule has 0 unspecified atom stereocenters. The van der Waals surface area contributed by atoms with E-state index in [0.717, 1.165) is 0 Å². The van der Waals surface area contributed by atoms with E-state index < -0.39 is 0 Å². The molecule has 0 heterocycles. The van der Waals surface area contributed by atoms with Crippen molar-refractivity contribution < 1.29 is 9.63 Å². The molecule has 0 aliphatic heterocycles. The maximum absolute atomic E-state index is 8.76. The summed E-state index contributed by atoms with van der Waals surface area (Å²) >= 11 is 0. The molecule has 0 aromatic carbocycles. The van der Waals surface area contributed by atoms with Crippen molar-refractivity contribution in [3.63, 3.8) is 0 Å². The number of hydrogen-bond donors (Lipinski definition) is 0. The van der Waals surface area contributed by atoms with E-state index in [9.17, 15) is 0 Å². The molecule has 0 atom stereocenters. The molecular weight excluding hydrogens is 58.0 g/mol. The molecule has 0 aromatic rings. The average Bonchev–Trinajstić information content (AvgIpc) is 1.37. The molecule has 0 aromatic heterocycles. The number of carbonyl (C=O) groups is 1. The monoisotopic (exact) mass is 60.0 g/mol. The Morgan fingerprint density at radius 1 is 2.00 bits per heavy atom. The van der Waals surface area contributed by atoms with Crippen LogP contribution in [0.5, 0.6) is 0 Å². The summed E-state index contributed by atoms with van der Waals surface area (Å²) in [6.07, 6.45) is 0. The highest BCUT2D eigenvalue weighted by Crippen LogP contribution is 1.30. The zero-order chi connectivity index (χ0) is 3.41. The van der Waals surface area contributed by atoms with Crippen molar-refractivity contribution in [2.24, 2.45) is 0 Å². The highest BCUT2D eigenvalue weighted by molar-refractivity contribution is 5.35. The molecule has 0 fully saturated rings. The van der Waals surface area contributed by atoms with Gasteiger partial charge < -0.3 is 4.84 Å². The standard InChI is InChI=1S/CH2NO2/c2-4-1-3/h1-2H. The first-order chi connectivity index (χ1) is 1.91. The van der Waals surface area contributed by atoms with Crippen molar-refractivity contribution in [1.82, 2.24) is 5.90 Å². The summed E-state index contributed by atoms with van der Waals surface area (Å²) < 4.78 is 0. The average molecular weight is 60.0 g/mol. The molecule has 1 N–H and O–H groups in total. The lowest BCUT2D eigenvalue weighted by Gasteiger charge is -1.63. The molecule has 0 rings (SSSR count). The Bertz CT molecular complexity index is 20.0. The van der Waals surface area contributed by atoms with Crippen LogP contribution in [0.2, 0.25) is 0 Å². The summed E-state index contributed by atoms with van der Waals surface area (Å²) in [6, 6.07) is 0. The maximum atomic E-state index is 8.76. The SMILES string of the molecule is [NH]OC=O. The van der Waals surface area contributed by atoms with E-state index in [-0.39, 0.29) is 6.47 Å². The normalized spacial score (nSPS) is 5.25. The van der Waals surface area contributed by atoms with Gasteiger partial charge in [-0.3, -0.25) is 4.79 Å². The van der Waals surface area contributed by atoms with Crippen LogP contribution in [0.3, 0.4) is 0 Å². The molecular formula is CH2NO2. The molecule has 0 aliphatic carbocycles. The third-order valence-corrected chi connectivity index (χ3v) is 0.0481. The van der Waals surface area contributed by atoms with Crippen LogP contribution in [0.15, 0.2) is 0 Å². The van der Waals surface area contributed by atoms with Crippen LogP contribution in [-0.2, 0) is 9.63 Å². The predicted octanol–water partition coefficient (Wildman–Crippen LogP) is -0.643. The molecule has 1 radical (unpaired) electrons. The summed E-state index contributed by atoms with van der Waals surface area (Å²) in [5.74, 6) is 5.58. The van der Waals surface area contributed by atoms with Gasteiger partial charge in [-0.05, 0) is 0 Å². The first-order valence-corrected chi connectivity index (χ1v) is 0.676. The van der Waals surface area contributed by atoms with E-state index in [1.54, 1.807) is 0 Å². The summed E-state index contributed by atoms with van der Waals surface area (Å²) in [6.45, 7) is 0.0417. The van der Waals surface area contributed by atoms with Crippen LogP contribution in [0, 0.1) is 0 Å². The second-order valence-electron chi connectivity index (χ2n) is 0.214. The first-order valence-electron chi connectivity index (χ1n) is 0.676. The Morgan fingerprint density at radius 3 is 2.25 bits per heavy atom. The molecule has 0 saturated carbocycles. The lowest BCUT2D eigenvalue weighted by Crippen LogP contribution is -1.74. The van der Waals surface area contributed by atoms with Gasteiger partial charge >= 0.3 is 6.47 Å². The Labute approximate surface area is 23.3 Å². The van der Waals surface area contributed by atoms with Crippen molar-refractivity contribution in [3.05, 3.63) is 0 Å². The second kappa shape index (κ2) is 2.43. The minimum atomic E-state index is 0.0417. The topological polar surface area (TPSA) is 50.1 Å². The van der Waals surface area contributed by atoms with Crippen molar-refractivity contribution in [2.45, 2.75) is 0 Å². The van der Waals surface area contributed by atoms with E-state index in [4.69, 9.17) is 10.7 Å². The van der Waals surface area contributed by atoms with Gasteiger partial charge in [0.25, 0.3) is 0 Å². The van der Waals surface area contributed by atoms with E-state index in [1.165, 1.54) is 0 Å². The van der Waals surface area contributed by atoms with Crippen LogP contribution >= 0.6 is 0 Å². The van der Waals surface area contributed by atoms with Gasteiger partial charge in [-0.25, -0.2) is 0 Å². The van der Waals surface area contributed by atoms with Gasteiger partial charge in [0.05, 0.1) is 0 Å². The minimum absolute atomic E-state index is 0.0417. The Kier molecular flexibility index (Phi) is 2.08. The first kappa shape index (κ1) is 3.43. The van der Waals surface area contributed by atoms with E-state index >= 15 is 0 Å². The molecule has 0 bridgehead atoms. The molecule has 3 nitrogen and oxygen atoms in total. The second-order valence-corrected chi connectivity index (χ2v) is 0.214. The third kappa shape index (κ3) is 1.43. The zero-order valence-corrected chi connectivity index (χ0v) is 1.89. The molecule has 3 heteroatoms. The molecule has 4 heavy (non-hydrogen) atoms. The van der Waals surface area contributed by atoms with Crippen LogP contribution < -0.4 is 5.90 Å². The highest BCUT2D eigenvalue weighted by atomic mass is 16.6. The van der Waals surface area contributed by atoms with E-state index in [0.29, 0.717) is 0 Å². The lowest BCUT2D eigenvalue weighted by molar-refractivity contribution is -0.130. The molecule has 0 amide bonds. The molecule has 0 spiro atoms. The van der Waals surface area contributed by atoms with Crippen LogP contribution in [0.1, 0.15) is 0 Å². The number of carbonyl (C=O) groups excluding carboxylic acids is 1. The Hall–Kier alpha value is -0.570. The Balaban J connectivity index is 2.30. The fourth-order valence-electron chi connectivity index (χ4n) is 0. The van der Waals surface area contributed by atoms with Gasteiger partial charge in [0.15, 0.2) is 0 Å². The van der Waals surface area contributed by atoms with Gasteiger partial charge in [0.1, 0.15) is 0 Å². The maximum Gasteiger partial charge on any atom is 0.314 e.